The van der Waals surface area contributed by atoms with Crippen LogP contribution in [0, 0.1) is 0 Å². The number of allylic oxidation sites excluding steroid dienone is 2. The fraction of sp³-hybridized carbons (Fsp3) is 0.895. The Kier molecular flexibility index (Phi) is 5.95. The summed E-state index contributed by atoms with van der Waals surface area (Å²) in [6, 6.07) is 0. The fourth-order valence-electron chi connectivity index (χ4n) is 3.99. The van der Waals surface area contributed by atoms with Gasteiger partial charge in [-0.1, -0.05) is 44.8 Å². The van der Waals surface area contributed by atoms with Crippen molar-refractivity contribution in [2.75, 3.05) is 0 Å². The van der Waals surface area contributed by atoms with Crippen LogP contribution in [0.5, 0.6) is 0 Å². The lowest BCUT2D eigenvalue weighted by Crippen LogP contribution is -2.62. The number of ether oxygens (including phenoxy) is 3. The number of hydrogen-bond donors (Lipinski definition) is 0. The fourth-order valence-corrected chi connectivity index (χ4v) is 3.99. The predicted molar refractivity (Wildman–Crippen MR) is 87.6 cm³/mol. The van der Waals surface area contributed by atoms with E-state index < -0.39 is 5.97 Å². The first-order chi connectivity index (χ1) is 10.8. The molecular weight excluding hydrogens is 276 g/mol. The third-order valence-electron chi connectivity index (χ3n) is 5.11. The summed E-state index contributed by atoms with van der Waals surface area (Å²) in [4.78, 5) is 0. The van der Waals surface area contributed by atoms with E-state index in [1.165, 1.54) is 44.9 Å². The molecule has 1 aliphatic carbocycles. The van der Waals surface area contributed by atoms with Crippen molar-refractivity contribution in [1.29, 1.82) is 0 Å². The minimum absolute atomic E-state index is 0.388. The first kappa shape index (κ1) is 16.5. The third-order valence-corrected chi connectivity index (χ3v) is 5.11. The Balaban J connectivity index is 1.26. The van der Waals surface area contributed by atoms with Crippen molar-refractivity contribution in [3.63, 3.8) is 0 Å². The Morgan fingerprint density at radius 2 is 1.32 bits per heavy atom. The van der Waals surface area contributed by atoms with Gasteiger partial charge in [0.2, 0.25) is 0 Å². The number of hydrogen-bond acceptors (Lipinski definition) is 3. The van der Waals surface area contributed by atoms with E-state index in [0.717, 1.165) is 32.1 Å². The van der Waals surface area contributed by atoms with Gasteiger partial charge in [-0.25, -0.2) is 0 Å². The second-order valence-electron chi connectivity index (χ2n) is 7.18. The highest BCUT2D eigenvalue weighted by atomic mass is 16.9. The maximum absolute atomic E-state index is 6.04. The molecule has 22 heavy (non-hydrogen) atoms. The van der Waals surface area contributed by atoms with Crippen molar-refractivity contribution in [1.82, 2.24) is 0 Å². The van der Waals surface area contributed by atoms with Crippen LogP contribution in [0.3, 0.4) is 0 Å². The first-order valence-corrected chi connectivity index (χ1v) is 9.48. The van der Waals surface area contributed by atoms with Crippen molar-refractivity contribution in [3.8, 4) is 0 Å². The van der Waals surface area contributed by atoms with E-state index in [0.29, 0.717) is 18.3 Å². The van der Waals surface area contributed by atoms with Crippen molar-refractivity contribution >= 4 is 0 Å². The lowest BCUT2D eigenvalue weighted by Gasteiger charge is -2.55. The summed E-state index contributed by atoms with van der Waals surface area (Å²) in [5.74, 6) is -0.672. The van der Waals surface area contributed by atoms with Crippen molar-refractivity contribution in [2.24, 2.45) is 0 Å². The summed E-state index contributed by atoms with van der Waals surface area (Å²) >= 11 is 0. The topological polar surface area (TPSA) is 27.7 Å². The molecule has 3 heteroatoms. The van der Waals surface area contributed by atoms with Crippen molar-refractivity contribution in [3.05, 3.63) is 12.2 Å². The molecule has 126 valence electrons. The quantitative estimate of drug-likeness (QED) is 0.415. The molecule has 0 radical (unpaired) electrons. The molecule has 0 atom stereocenters. The van der Waals surface area contributed by atoms with Gasteiger partial charge in [-0.05, 0) is 25.7 Å². The summed E-state index contributed by atoms with van der Waals surface area (Å²) in [5, 5.41) is 0. The van der Waals surface area contributed by atoms with Gasteiger partial charge in [0, 0.05) is 25.7 Å². The number of rotatable bonds is 10. The Hall–Kier alpha value is -0.380. The molecule has 0 spiro atoms. The molecule has 1 saturated carbocycles. The Bertz CT molecular complexity index is 328. The maximum atomic E-state index is 6.04. The van der Waals surface area contributed by atoms with Crippen molar-refractivity contribution < 1.29 is 14.2 Å². The predicted octanol–water partition coefficient (Wildman–Crippen LogP) is 5.09. The molecule has 4 bridgehead atoms. The highest BCUT2D eigenvalue weighted by molar-refractivity contribution is 4.91. The maximum Gasteiger partial charge on any atom is 0.283 e. The second kappa shape index (κ2) is 7.94. The zero-order valence-electron chi connectivity index (χ0n) is 14.1. The van der Waals surface area contributed by atoms with Crippen LogP contribution in [0.2, 0.25) is 0 Å². The molecule has 0 unspecified atom stereocenters. The normalized spacial score (nSPS) is 36.5. The van der Waals surface area contributed by atoms with Crippen LogP contribution in [0.4, 0.5) is 0 Å². The molecule has 3 nitrogen and oxygen atoms in total. The van der Waals surface area contributed by atoms with E-state index in [1.807, 2.05) is 0 Å². The zero-order chi connectivity index (χ0) is 15.3. The molecule has 0 N–H and O–H groups in total. The highest BCUT2D eigenvalue weighted by Crippen LogP contribution is 2.46. The molecule has 4 fully saturated rings. The molecule has 0 aromatic carbocycles. The van der Waals surface area contributed by atoms with Crippen LogP contribution in [0.25, 0.3) is 0 Å². The number of unbranched alkanes of at least 4 members (excludes halogenated alkanes) is 6. The molecule has 0 aromatic rings. The molecule has 3 heterocycles. The molecule has 4 rings (SSSR count). The van der Waals surface area contributed by atoms with E-state index in [1.54, 1.807) is 0 Å². The van der Waals surface area contributed by atoms with Gasteiger partial charge in [-0.15, -0.1) is 0 Å². The standard InChI is InChI=1S/C19H32O3/c1-2-3-4-5-6-7-8-9-10-11-12-19-20-16-13-17(21-19)15-18(14-16)22-19/h5-6,16-18H,2-4,7-15H2,1H3/b6-5-. The van der Waals surface area contributed by atoms with E-state index >= 15 is 0 Å². The molecule has 3 aliphatic heterocycles. The molecule has 0 aromatic heterocycles. The molecule has 4 aliphatic rings. The highest BCUT2D eigenvalue weighted by Gasteiger charge is 2.54. The summed E-state index contributed by atoms with van der Waals surface area (Å²) in [7, 11) is 0. The van der Waals surface area contributed by atoms with Gasteiger partial charge in [0.1, 0.15) is 0 Å². The second-order valence-corrected chi connectivity index (χ2v) is 7.18. The van der Waals surface area contributed by atoms with Crippen LogP contribution in [-0.4, -0.2) is 24.3 Å². The van der Waals surface area contributed by atoms with E-state index in [-0.39, 0.29) is 0 Å². The van der Waals surface area contributed by atoms with Gasteiger partial charge in [0.15, 0.2) is 0 Å². The first-order valence-electron chi connectivity index (χ1n) is 9.48. The molecule has 3 saturated heterocycles. The lowest BCUT2D eigenvalue weighted by atomic mass is 9.88. The van der Waals surface area contributed by atoms with Crippen molar-refractivity contribution in [2.45, 2.75) is 108 Å². The average molecular weight is 308 g/mol. The van der Waals surface area contributed by atoms with Gasteiger partial charge in [0.05, 0.1) is 18.3 Å². The van der Waals surface area contributed by atoms with Crippen LogP contribution in [0.1, 0.15) is 84.0 Å². The lowest BCUT2D eigenvalue weighted by molar-refractivity contribution is -0.495. The third kappa shape index (κ3) is 4.33. The summed E-state index contributed by atoms with van der Waals surface area (Å²) < 4.78 is 18.1. The van der Waals surface area contributed by atoms with Crippen LogP contribution < -0.4 is 0 Å². The van der Waals surface area contributed by atoms with Gasteiger partial charge in [0.25, 0.3) is 5.97 Å². The van der Waals surface area contributed by atoms with Gasteiger partial charge in [-0.2, -0.15) is 0 Å². The monoisotopic (exact) mass is 308 g/mol. The van der Waals surface area contributed by atoms with Crippen LogP contribution in [0.15, 0.2) is 12.2 Å². The van der Waals surface area contributed by atoms with Gasteiger partial charge >= 0.3 is 0 Å². The smallest absolute Gasteiger partial charge is 0.283 e. The largest absolute Gasteiger partial charge is 0.324 e. The Morgan fingerprint density at radius 3 is 1.91 bits per heavy atom. The van der Waals surface area contributed by atoms with Crippen LogP contribution in [-0.2, 0) is 14.2 Å². The molecule has 0 amide bonds. The van der Waals surface area contributed by atoms with Gasteiger partial charge < -0.3 is 14.2 Å². The minimum Gasteiger partial charge on any atom is -0.324 e. The van der Waals surface area contributed by atoms with Crippen LogP contribution >= 0.6 is 0 Å². The Labute approximate surface area is 135 Å². The van der Waals surface area contributed by atoms with E-state index in [2.05, 4.69) is 19.1 Å². The zero-order valence-corrected chi connectivity index (χ0v) is 14.1. The molecular formula is C19H32O3. The Morgan fingerprint density at radius 1 is 0.773 bits per heavy atom. The van der Waals surface area contributed by atoms with Gasteiger partial charge in [-0.3, -0.25) is 0 Å². The summed E-state index contributed by atoms with van der Waals surface area (Å²) in [6.07, 6.45) is 20.1. The van der Waals surface area contributed by atoms with E-state index in [4.69, 9.17) is 14.2 Å². The SMILES string of the molecule is CCCC/C=C\CCCCCCC12OC3CC(CC(C3)O1)O2. The minimum atomic E-state index is -0.672. The summed E-state index contributed by atoms with van der Waals surface area (Å²) in [5.41, 5.74) is 0. The van der Waals surface area contributed by atoms with E-state index in [9.17, 15) is 0 Å². The summed E-state index contributed by atoms with van der Waals surface area (Å²) in [6.45, 7) is 2.24. The average Bonchev–Trinajstić information content (AvgIpc) is 2.48.